The lowest BCUT2D eigenvalue weighted by atomic mass is 10.0. The number of nitrogens with two attached hydrogens (primary N) is 1. The molecule has 0 saturated carbocycles. The lowest BCUT2D eigenvalue weighted by molar-refractivity contribution is -0.137. The molecule has 0 bridgehead atoms. The fourth-order valence-corrected chi connectivity index (χ4v) is 1.84. The molecule has 1 aromatic carbocycles. The molecule has 18 heavy (non-hydrogen) atoms. The Morgan fingerprint density at radius 1 is 1.50 bits per heavy atom. The second kappa shape index (κ2) is 6.37. The molecule has 0 aliphatic heterocycles. The van der Waals surface area contributed by atoms with Gasteiger partial charge in [0.25, 0.3) is 0 Å². The summed E-state index contributed by atoms with van der Waals surface area (Å²) in [6, 6.07) is 5.14. The SMILES string of the molecule is COc1ccc(CN(C)C)cc1C(N)CC(=O)O. The van der Waals surface area contributed by atoms with Crippen LogP contribution in [-0.2, 0) is 11.3 Å². The fraction of sp³-hybridized carbons (Fsp3) is 0.462. The van der Waals surface area contributed by atoms with Crippen LogP contribution in [0.1, 0.15) is 23.6 Å². The van der Waals surface area contributed by atoms with Crippen molar-refractivity contribution in [2.45, 2.75) is 19.0 Å². The maximum absolute atomic E-state index is 10.7. The molecule has 0 heterocycles. The zero-order valence-corrected chi connectivity index (χ0v) is 11.0. The Kier molecular flexibility index (Phi) is 5.12. The Morgan fingerprint density at radius 2 is 2.17 bits per heavy atom. The van der Waals surface area contributed by atoms with Crippen molar-refractivity contribution < 1.29 is 14.6 Å². The van der Waals surface area contributed by atoms with E-state index in [1.807, 2.05) is 37.2 Å². The summed E-state index contributed by atoms with van der Waals surface area (Å²) in [5.74, 6) is -0.283. The number of rotatable bonds is 6. The number of hydrogen-bond donors (Lipinski definition) is 2. The van der Waals surface area contributed by atoms with E-state index < -0.39 is 12.0 Å². The predicted molar refractivity (Wildman–Crippen MR) is 69.6 cm³/mol. The Labute approximate surface area is 107 Å². The molecule has 0 saturated heterocycles. The summed E-state index contributed by atoms with van der Waals surface area (Å²) in [5.41, 5.74) is 7.71. The van der Waals surface area contributed by atoms with E-state index in [-0.39, 0.29) is 6.42 Å². The highest BCUT2D eigenvalue weighted by Crippen LogP contribution is 2.27. The van der Waals surface area contributed by atoms with Crippen molar-refractivity contribution in [1.29, 1.82) is 0 Å². The minimum Gasteiger partial charge on any atom is -0.496 e. The van der Waals surface area contributed by atoms with E-state index in [1.165, 1.54) is 0 Å². The molecule has 0 spiro atoms. The molecule has 0 radical (unpaired) electrons. The minimum absolute atomic E-state index is 0.109. The van der Waals surface area contributed by atoms with Gasteiger partial charge in [-0.3, -0.25) is 4.79 Å². The van der Waals surface area contributed by atoms with Crippen LogP contribution in [0.25, 0.3) is 0 Å². The van der Waals surface area contributed by atoms with E-state index in [1.54, 1.807) is 7.11 Å². The number of carboxylic acids is 1. The zero-order chi connectivity index (χ0) is 13.7. The molecule has 1 aromatic rings. The summed E-state index contributed by atoms with van der Waals surface area (Å²) < 4.78 is 5.22. The van der Waals surface area contributed by atoms with Crippen molar-refractivity contribution >= 4 is 5.97 Å². The van der Waals surface area contributed by atoms with Gasteiger partial charge < -0.3 is 20.5 Å². The molecule has 1 unspecified atom stereocenters. The number of hydrogen-bond acceptors (Lipinski definition) is 4. The summed E-state index contributed by atoms with van der Waals surface area (Å²) in [4.78, 5) is 12.8. The normalized spacial score (nSPS) is 12.5. The van der Waals surface area contributed by atoms with E-state index in [0.717, 1.165) is 17.7 Å². The molecular weight excluding hydrogens is 232 g/mol. The van der Waals surface area contributed by atoms with Crippen LogP contribution in [0.15, 0.2) is 18.2 Å². The van der Waals surface area contributed by atoms with Crippen LogP contribution in [0.4, 0.5) is 0 Å². The molecule has 5 heteroatoms. The van der Waals surface area contributed by atoms with Gasteiger partial charge in [0.2, 0.25) is 0 Å². The van der Waals surface area contributed by atoms with Gasteiger partial charge in [-0.05, 0) is 31.8 Å². The first-order valence-corrected chi connectivity index (χ1v) is 5.73. The number of benzene rings is 1. The molecule has 0 amide bonds. The van der Waals surface area contributed by atoms with E-state index in [4.69, 9.17) is 15.6 Å². The molecule has 0 aliphatic rings. The maximum Gasteiger partial charge on any atom is 0.305 e. The third-order valence-electron chi connectivity index (χ3n) is 2.59. The Hall–Kier alpha value is -1.59. The van der Waals surface area contributed by atoms with Gasteiger partial charge in [0.15, 0.2) is 0 Å². The number of nitrogens with zero attached hydrogens (tertiary/aromatic N) is 1. The second-order valence-corrected chi connectivity index (χ2v) is 4.52. The largest absolute Gasteiger partial charge is 0.496 e. The summed E-state index contributed by atoms with van der Waals surface area (Å²) >= 11 is 0. The first kappa shape index (κ1) is 14.5. The molecule has 0 fully saturated rings. The lowest BCUT2D eigenvalue weighted by Crippen LogP contribution is -2.17. The van der Waals surface area contributed by atoms with Gasteiger partial charge in [-0.25, -0.2) is 0 Å². The Bertz CT molecular complexity index is 419. The number of carboxylic acid groups (broad SMARTS) is 1. The fourth-order valence-electron chi connectivity index (χ4n) is 1.84. The maximum atomic E-state index is 10.7. The topological polar surface area (TPSA) is 75.8 Å². The van der Waals surface area contributed by atoms with E-state index in [0.29, 0.717) is 5.75 Å². The van der Waals surface area contributed by atoms with Gasteiger partial charge >= 0.3 is 5.97 Å². The van der Waals surface area contributed by atoms with Crippen molar-refractivity contribution in [1.82, 2.24) is 4.90 Å². The third-order valence-corrected chi connectivity index (χ3v) is 2.59. The Balaban J connectivity index is 3.01. The molecule has 1 atom stereocenters. The van der Waals surface area contributed by atoms with Crippen molar-refractivity contribution in [3.8, 4) is 5.75 Å². The smallest absolute Gasteiger partial charge is 0.305 e. The predicted octanol–water partition coefficient (Wildman–Crippen LogP) is 1.23. The highest BCUT2D eigenvalue weighted by molar-refractivity contribution is 5.68. The highest BCUT2D eigenvalue weighted by Gasteiger charge is 2.16. The van der Waals surface area contributed by atoms with Crippen LogP contribution in [-0.4, -0.2) is 37.2 Å². The van der Waals surface area contributed by atoms with Gasteiger partial charge in [-0.2, -0.15) is 0 Å². The summed E-state index contributed by atoms with van der Waals surface area (Å²) in [6.45, 7) is 0.775. The first-order valence-electron chi connectivity index (χ1n) is 5.73. The van der Waals surface area contributed by atoms with E-state index >= 15 is 0 Å². The van der Waals surface area contributed by atoms with Crippen LogP contribution in [0.2, 0.25) is 0 Å². The number of aliphatic carboxylic acids is 1. The molecule has 3 N–H and O–H groups in total. The van der Waals surface area contributed by atoms with Gasteiger partial charge in [0.05, 0.1) is 13.5 Å². The van der Waals surface area contributed by atoms with Crippen molar-refractivity contribution in [2.24, 2.45) is 5.73 Å². The van der Waals surface area contributed by atoms with Crippen LogP contribution >= 0.6 is 0 Å². The van der Waals surface area contributed by atoms with E-state index in [9.17, 15) is 4.79 Å². The second-order valence-electron chi connectivity index (χ2n) is 4.52. The van der Waals surface area contributed by atoms with Crippen molar-refractivity contribution in [3.63, 3.8) is 0 Å². The van der Waals surface area contributed by atoms with E-state index in [2.05, 4.69) is 0 Å². The summed E-state index contributed by atoms with van der Waals surface area (Å²) in [7, 11) is 5.50. The minimum atomic E-state index is -0.914. The van der Waals surface area contributed by atoms with Gasteiger partial charge in [-0.15, -0.1) is 0 Å². The number of methoxy groups -OCH3 is 1. The molecule has 1 rings (SSSR count). The molecular formula is C13H20N2O3. The number of ether oxygens (including phenoxy) is 1. The van der Waals surface area contributed by atoms with Gasteiger partial charge in [-0.1, -0.05) is 6.07 Å². The van der Waals surface area contributed by atoms with Crippen LogP contribution < -0.4 is 10.5 Å². The van der Waals surface area contributed by atoms with Crippen molar-refractivity contribution in [2.75, 3.05) is 21.2 Å². The number of carbonyl (C=O) groups is 1. The lowest BCUT2D eigenvalue weighted by Gasteiger charge is -2.17. The van der Waals surface area contributed by atoms with Gasteiger partial charge in [0, 0.05) is 18.2 Å². The molecule has 5 nitrogen and oxygen atoms in total. The summed E-state index contributed by atoms with van der Waals surface area (Å²) in [6.07, 6.45) is -0.109. The first-order chi connectivity index (χ1) is 8.43. The summed E-state index contributed by atoms with van der Waals surface area (Å²) in [5, 5.41) is 8.79. The average Bonchev–Trinajstić information content (AvgIpc) is 2.27. The standard InChI is InChI=1S/C13H20N2O3/c1-15(2)8-9-4-5-12(18-3)10(6-9)11(14)7-13(16)17/h4-6,11H,7-8,14H2,1-3H3,(H,16,17). The molecule has 100 valence electrons. The Morgan fingerprint density at radius 3 is 2.67 bits per heavy atom. The quantitative estimate of drug-likeness (QED) is 0.796. The van der Waals surface area contributed by atoms with Gasteiger partial charge in [0.1, 0.15) is 5.75 Å². The molecule has 0 aliphatic carbocycles. The molecule has 0 aromatic heterocycles. The third kappa shape index (κ3) is 4.01. The monoisotopic (exact) mass is 252 g/mol. The van der Waals surface area contributed by atoms with Crippen LogP contribution in [0, 0.1) is 0 Å². The van der Waals surface area contributed by atoms with Crippen LogP contribution in [0.5, 0.6) is 5.75 Å². The van der Waals surface area contributed by atoms with Crippen molar-refractivity contribution in [3.05, 3.63) is 29.3 Å². The highest BCUT2D eigenvalue weighted by atomic mass is 16.5. The average molecular weight is 252 g/mol. The zero-order valence-electron chi connectivity index (χ0n) is 11.0. The van der Waals surface area contributed by atoms with Crippen LogP contribution in [0.3, 0.4) is 0 Å².